The van der Waals surface area contributed by atoms with Gasteiger partial charge in [0.1, 0.15) is 0 Å². The Labute approximate surface area is 147 Å². The zero-order valence-electron chi connectivity index (χ0n) is 13.6. The Hall–Kier alpha value is -2.78. The lowest BCUT2D eigenvalue weighted by Gasteiger charge is -2.18. The van der Waals surface area contributed by atoms with Gasteiger partial charge in [0, 0.05) is 31.7 Å². The molecule has 2 rings (SSSR count). The first-order valence-corrected chi connectivity index (χ1v) is 7.85. The van der Waals surface area contributed by atoms with Gasteiger partial charge in [0.25, 0.3) is 5.91 Å². The van der Waals surface area contributed by atoms with Crippen molar-refractivity contribution in [2.45, 2.75) is 6.18 Å². The minimum Gasteiger partial charge on any atom is -0.481 e. The number of hydrogen-bond acceptors (Lipinski definition) is 3. The van der Waals surface area contributed by atoms with Gasteiger partial charge in [0.05, 0.1) is 11.8 Å². The number of benzene rings is 1. The van der Waals surface area contributed by atoms with Crippen molar-refractivity contribution in [2.75, 3.05) is 26.2 Å². The van der Waals surface area contributed by atoms with Crippen LogP contribution >= 0.6 is 0 Å². The maximum atomic E-state index is 12.9. The Bertz CT molecular complexity index is 666. The van der Waals surface area contributed by atoms with Gasteiger partial charge >= 0.3 is 18.2 Å². The van der Waals surface area contributed by atoms with Crippen LogP contribution in [0, 0.1) is 11.8 Å². The van der Waals surface area contributed by atoms with E-state index in [1.807, 2.05) is 0 Å². The molecular weight excluding hydrogens is 355 g/mol. The maximum absolute atomic E-state index is 12.9. The average Bonchev–Trinajstić information content (AvgIpc) is 3.05. The van der Waals surface area contributed by atoms with Crippen LogP contribution in [0.1, 0.15) is 10.4 Å². The van der Waals surface area contributed by atoms with Crippen LogP contribution in [0.3, 0.4) is 0 Å². The summed E-state index contributed by atoms with van der Waals surface area (Å²) in [5.41, 5.74) is 0.440. The highest BCUT2D eigenvalue weighted by molar-refractivity contribution is 5.94. The Morgan fingerprint density at radius 2 is 1.69 bits per heavy atom. The molecule has 26 heavy (non-hydrogen) atoms. The third kappa shape index (κ3) is 4.87. The first kappa shape index (κ1) is 19.5. The fourth-order valence-corrected chi connectivity index (χ4v) is 2.70. The summed E-state index contributed by atoms with van der Waals surface area (Å²) in [7, 11) is 0. The van der Waals surface area contributed by atoms with Crippen LogP contribution in [0.25, 0.3) is 0 Å². The second-order valence-electron chi connectivity index (χ2n) is 5.85. The van der Waals surface area contributed by atoms with E-state index in [4.69, 9.17) is 5.11 Å². The highest BCUT2D eigenvalue weighted by Crippen LogP contribution is 2.37. The van der Waals surface area contributed by atoms with Gasteiger partial charge in [-0.25, -0.2) is 4.79 Å². The minimum atomic E-state index is -4.69. The topological polar surface area (TPSA) is 98.7 Å². The molecular formula is C16H18F3N3O4. The second-order valence-corrected chi connectivity index (χ2v) is 5.85. The number of carboxylic acid groups (broad SMARTS) is 1. The summed E-state index contributed by atoms with van der Waals surface area (Å²) in [6.07, 6.45) is -4.69. The third-order valence-electron chi connectivity index (χ3n) is 4.07. The van der Waals surface area contributed by atoms with E-state index >= 15 is 0 Å². The summed E-state index contributed by atoms with van der Waals surface area (Å²) in [6, 6.07) is 7.58. The molecule has 1 saturated heterocycles. The standard InChI is InChI=1S/C16H18F3N3O4/c17-16(18,19)12-9-22(8-11(12)14(24)25)15(26)21-7-6-20-13(23)10-4-2-1-3-5-10/h1-5,11-12H,6-9H2,(H,20,23)(H,21,26)(H,24,25)/t11-,12-/m1/s1. The zero-order chi connectivity index (χ0) is 19.3. The van der Waals surface area contributed by atoms with Crippen LogP contribution in [0.5, 0.6) is 0 Å². The van der Waals surface area contributed by atoms with E-state index in [0.29, 0.717) is 5.56 Å². The number of carbonyl (C=O) groups excluding carboxylic acids is 2. The Kier molecular flexibility index (Phi) is 6.06. The van der Waals surface area contributed by atoms with Crippen molar-refractivity contribution in [1.82, 2.24) is 15.5 Å². The lowest BCUT2D eigenvalue weighted by atomic mass is 9.96. The normalized spacial score (nSPS) is 19.9. The first-order chi connectivity index (χ1) is 12.2. The van der Waals surface area contributed by atoms with E-state index in [0.717, 1.165) is 4.90 Å². The van der Waals surface area contributed by atoms with Gasteiger partial charge in [-0.1, -0.05) is 18.2 Å². The van der Waals surface area contributed by atoms with Crippen LogP contribution in [-0.2, 0) is 4.79 Å². The molecule has 7 nitrogen and oxygen atoms in total. The number of carbonyl (C=O) groups is 3. The van der Waals surface area contributed by atoms with Gasteiger partial charge in [0.15, 0.2) is 0 Å². The molecule has 1 fully saturated rings. The molecule has 0 radical (unpaired) electrons. The van der Waals surface area contributed by atoms with E-state index in [1.54, 1.807) is 30.3 Å². The molecule has 0 bridgehead atoms. The highest BCUT2D eigenvalue weighted by Gasteiger charge is 2.53. The fourth-order valence-electron chi connectivity index (χ4n) is 2.70. The van der Waals surface area contributed by atoms with Gasteiger partial charge in [-0.2, -0.15) is 13.2 Å². The lowest BCUT2D eigenvalue weighted by Crippen LogP contribution is -2.42. The summed E-state index contributed by atoms with van der Waals surface area (Å²) >= 11 is 0. The smallest absolute Gasteiger partial charge is 0.394 e. The second kappa shape index (κ2) is 8.07. The van der Waals surface area contributed by atoms with Gasteiger partial charge in [0.2, 0.25) is 0 Å². The predicted octanol–water partition coefficient (Wildman–Crippen LogP) is 1.32. The molecule has 0 saturated carbocycles. The summed E-state index contributed by atoms with van der Waals surface area (Å²) in [4.78, 5) is 35.6. The van der Waals surface area contributed by atoms with Crippen molar-refractivity contribution in [2.24, 2.45) is 11.8 Å². The van der Waals surface area contributed by atoms with Crippen molar-refractivity contribution in [3.05, 3.63) is 35.9 Å². The Morgan fingerprint density at radius 3 is 2.23 bits per heavy atom. The molecule has 0 aliphatic carbocycles. The van der Waals surface area contributed by atoms with Crippen LogP contribution in [-0.4, -0.2) is 60.3 Å². The van der Waals surface area contributed by atoms with Crippen molar-refractivity contribution < 1.29 is 32.7 Å². The van der Waals surface area contributed by atoms with Gasteiger partial charge in [-0.05, 0) is 12.1 Å². The number of likely N-dealkylation sites (tertiary alicyclic amines) is 1. The number of carboxylic acids is 1. The van der Waals surface area contributed by atoms with Crippen LogP contribution in [0.15, 0.2) is 30.3 Å². The van der Waals surface area contributed by atoms with Crippen LogP contribution < -0.4 is 10.6 Å². The first-order valence-electron chi connectivity index (χ1n) is 7.85. The van der Waals surface area contributed by atoms with Gasteiger partial charge < -0.3 is 20.6 Å². The molecule has 1 aliphatic heterocycles. The van der Waals surface area contributed by atoms with Crippen molar-refractivity contribution in [3.8, 4) is 0 Å². The molecule has 142 valence electrons. The SMILES string of the molecule is O=C(NCCNC(=O)N1C[C@@H](C(F)(F)F)[C@H](C(=O)O)C1)c1ccccc1. The number of alkyl halides is 3. The Morgan fingerprint density at radius 1 is 1.08 bits per heavy atom. The van der Waals surface area contributed by atoms with Crippen molar-refractivity contribution in [3.63, 3.8) is 0 Å². The van der Waals surface area contributed by atoms with Crippen LogP contribution in [0.4, 0.5) is 18.0 Å². The molecule has 2 atom stereocenters. The number of hydrogen-bond donors (Lipinski definition) is 3. The van der Waals surface area contributed by atoms with Crippen molar-refractivity contribution >= 4 is 17.9 Å². The summed E-state index contributed by atoms with van der Waals surface area (Å²) in [6.45, 7) is -1.13. The molecule has 10 heteroatoms. The lowest BCUT2D eigenvalue weighted by molar-refractivity contribution is -0.187. The number of rotatable bonds is 5. The van der Waals surface area contributed by atoms with Gasteiger partial charge in [-0.15, -0.1) is 0 Å². The average molecular weight is 373 g/mol. The quantitative estimate of drug-likeness (QED) is 0.678. The molecule has 1 aromatic rings. The fraction of sp³-hybridized carbons (Fsp3) is 0.438. The number of nitrogens with one attached hydrogen (secondary N) is 2. The number of nitrogens with zero attached hydrogens (tertiary/aromatic N) is 1. The van der Waals surface area contributed by atoms with E-state index in [9.17, 15) is 27.6 Å². The summed E-state index contributed by atoms with van der Waals surface area (Å²) in [5.74, 6) is -5.70. The molecule has 0 aromatic heterocycles. The maximum Gasteiger partial charge on any atom is 0.394 e. The number of aliphatic carboxylic acids is 1. The molecule has 1 aromatic carbocycles. The van der Waals surface area contributed by atoms with E-state index in [1.165, 1.54) is 0 Å². The van der Waals surface area contributed by atoms with Crippen LogP contribution in [0.2, 0.25) is 0 Å². The number of amides is 3. The molecule has 0 unspecified atom stereocenters. The molecule has 3 amide bonds. The zero-order valence-corrected chi connectivity index (χ0v) is 13.6. The highest BCUT2D eigenvalue weighted by atomic mass is 19.4. The monoisotopic (exact) mass is 373 g/mol. The number of urea groups is 1. The predicted molar refractivity (Wildman–Crippen MR) is 84.4 cm³/mol. The third-order valence-corrected chi connectivity index (χ3v) is 4.07. The number of halogens is 3. The van der Waals surface area contributed by atoms with E-state index in [-0.39, 0.29) is 19.0 Å². The van der Waals surface area contributed by atoms with Crippen molar-refractivity contribution in [1.29, 1.82) is 0 Å². The molecule has 1 heterocycles. The molecule has 3 N–H and O–H groups in total. The summed E-state index contributed by atoms with van der Waals surface area (Å²) < 4.78 is 38.7. The summed E-state index contributed by atoms with van der Waals surface area (Å²) in [5, 5.41) is 13.9. The largest absolute Gasteiger partial charge is 0.481 e. The molecule has 1 aliphatic rings. The van der Waals surface area contributed by atoms with E-state index < -0.39 is 43.1 Å². The minimum absolute atomic E-state index is 0.00231. The molecule has 0 spiro atoms. The van der Waals surface area contributed by atoms with E-state index in [2.05, 4.69) is 10.6 Å². The Balaban J connectivity index is 1.79. The van der Waals surface area contributed by atoms with Gasteiger partial charge in [-0.3, -0.25) is 9.59 Å².